The zero-order valence-electron chi connectivity index (χ0n) is 9.24. The van der Waals surface area contributed by atoms with E-state index in [0.717, 1.165) is 4.57 Å². The van der Waals surface area contributed by atoms with Crippen LogP contribution in [-0.4, -0.2) is 9.55 Å². The number of hydrogen-bond donors (Lipinski definition) is 1. The van der Waals surface area contributed by atoms with Crippen molar-refractivity contribution in [1.82, 2.24) is 9.55 Å². The Morgan fingerprint density at radius 1 is 1.29 bits per heavy atom. The Morgan fingerprint density at radius 2 is 2.00 bits per heavy atom. The van der Waals surface area contributed by atoms with Crippen molar-refractivity contribution in [2.75, 3.05) is 0 Å². The smallest absolute Gasteiger partial charge is 0.311 e. The van der Waals surface area contributed by atoms with Crippen LogP contribution in [0.4, 0.5) is 4.39 Å². The summed E-state index contributed by atoms with van der Waals surface area (Å²) in [6.45, 7) is 0. The summed E-state index contributed by atoms with van der Waals surface area (Å²) >= 11 is 0. The molecule has 1 aromatic heterocycles. The lowest BCUT2D eigenvalue weighted by atomic mass is 10.1. The van der Waals surface area contributed by atoms with Gasteiger partial charge in [0, 0.05) is 25.2 Å². The SMILES string of the molecule is Cn1c(=O)cc(Cc2ccccc2F)[nH]c1=O. The Labute approximate surface area is 96.4 Å². The monoisotopic (exact) mass is 234 g/mol. The van der Waals surface area contributed by atoms with Crippen molar-refractivity contribution in [2.45, 2.75) is 6.42 Å². The predicted octanol–water partition coefficient (Wildman–Crippen LogP) is 0.804. The predicted molar refractivity (Wildman–Crippen MR) is 61.5 cm³/mol. The normalized spacial score (nSPS) is 10.5. The minimum Gasteiger partial charge on any atom is -0.311 e. The molecule has 2 aromatic rings. The molecule has 88 valence electrons. The molecule has 0 aliphatic carbocycles. The van der Waals surface area contributed by atoms with Crippen LogP contribution in [0.5, 0.6) is 0 Å². The largest absolute Gasteiger partial charge is 0.328 e. The highest BCUT2D eigenvalue weighted by Gasteiger charge is 2.05. The van der Waals surface area contributed by atoms with Crippen LogP contribution in [0.2, 0.25) is 0 Å². The van der Waals surface area contributed by atoms with E-state index in [1.165, 1.54) is 19.2 Å². The van der Waals surface area contributed by atoms with Gasteiger partial charge in [0.25, 0.3) is 5.56 Å². The van der Waals surface area contributed by atoms with Crippen molar-refractivity contribution in [3.8, 4) is 0 Å². The van der Waals surface area contributed by atoms with Crippen LogP contribution in [-0.2, 0) is 13.5 Å². The molecule has 0 bridgehead atoms. The number of aromatic nitrogens is 2. The van der Waals surface area contributed by atoms with Gasteiger partial charge in [-0.1, -0.05) is 18.2 Å². The van der Waals surface area contributed by atoms with Crippen molar-refractivity contribution >= 4 is 0 Å². The van der Waals surface area contributed by atoms with Crippen LogP contribution in [0.25, 0.3) is 0 Å². The van der Waals surface area contributed by atoms with Gasteiger partial charge in [0.15, 0.2) is 0 Å². The minimum absolute atomic E-state index is 0.192. The number of aromatic amines is 1. The van der Waals surface area contributed by atoms with Gasteiger partial charge in [-0.15, -0.1) is 0 Å². The lowest BCUT2D eigenvalue weighted by Gasteiger charge is -2.03. The van der Waals surface area contributed by atoms with Crippen molar-refractivity contribution in [3.63, 3.8) is 0 Å². The number of rotatable bonds is 2. The van der Waals surface area contributed by atoms with Gasteiger partial charge in [-0.05, 0) is 11.6 Å². The summed E-state index contributed by atoms with van der Waals surface area (Å²) in [7, 11) is 1.38. The topological polar surface area (TPSA) is 54.9 Å². The Kier molecular flexibility index (Phi) is 2.91. The van der Waals surface area contributed by atoms with Crippen molar-refractivity contribution in [3.05, 3.63) is 68.2 Å². The third-order valence-corrected chi connectivity index (χ3v) is 2.54. The molecule has 1 heterocycles. The Bertz CT molecular complexity index is 627. The van der Waals surface area contributed by atoms with Gasteiger partial charge < -0.3 is 4.98 Å². The Morgan fingerprint density at radius 3 is 2.65 bits per heavy atom. The summed E-state index contributed by atoms with van der Waals surface area (Å²) in [5.41, 5.74) is -0.0523. The lowest BCUT2D eigenvalue weighted by Crippen LogP contribution is -2.33. The number of hydrogen-bond acceptors (Lipinski definition) is 2. The summed E-state index contributed by atoms with van der Waals surface area (Å²) < 4.78 is 14.3. The van der Waals surface area contributed by atoms with E-state index < -0.39 is 11.2 Å². The van der Waals surface area contributed by atoms with Crippen LogP contribution in [0, 0.1) is 5.82 Å². The van der Waals surface area contributed by atoms with E-state index in [9.17, 15) is 14.0 Å². The maximum Gasteiger partial charge on any atom is 0.328 e. The quantitative estimate of drug-likeness (QED) is 0.835. The zero-order chi connectivity index (χ0) is 12.4. The first-order chi connectivity index (χ1) is 8.08. The van der Waals surface area contributed by atoms with Gasteiger partial charge in [-0.25, -0.2) is 9.18 Å². The molecule has 0 aliphatic rings. The highest BCUT2D eigenvalue weighted by atomic mass is 19.1. The summed E-state index contributed by atoms with van der Waals surface area (Å²) in [5, 5.41) is 0. The molecule has 2 rings (SSSR count). The Hall–Kier alpha value is -2.17. The van der Waals surface area contributed by atoms with Crippen molar-refractivity contribution in [1.29, 1.82) is 0 Å². The maximum absolute atomic E-state index is 13.4. The molecule has 1 aromatic carbocycles. The first kappa shape index (κ1) is 11.3. The highest BCUT2D eigenvalue weighted by molar-refractivity contribution is 5.22. The van der Waals surface area contributed by atoms with Gasteiger partial charge in [0.05, 0.1) is 0 Å². The fraction of sp³-hybridized carbons (Fsp3) is 0.167. The van der Waals surface area contributed by atoms with Gasteiger partial charge in [-0.3, -0.25) is 9.36 Å². The average molecular weight is 234 g/mol. The molecular weight excluding hydrogens is 223 g/mol. The third-order valence-electron chi connectivity index (χ3n) is 2.54. The van der Waals surface area contributed by atoms with Crippen LogP contribution in [0.15, 0.2) is 39.9 Å². The molecule has 0 amide bonds. The maximum atomic E-state index is 13.4. The zero-order valence-corrected chi connectivity index (χ0v) is 9.24. The number of halogens is 1. The first-order valence-corrected chi connectivity index (χ1v) is 5.10. The van der Waals surface area contributed by atoms with E-state index in [1.807, 2.05) is 0 Å². The minimum atomic E-state index is -0.496. The summed E-state index contributed by atoms with van der Waals surface area (Å²) in [6, 6.07) is 7.55. The molecular formula is C12H11FN2O2. The van der Waals surface area contributed by atoms with E-state index in [-0.39, 0.29) is 12.2 Å². The van der Waals surface area contributed by atoms with E-state index in [2.05, 4.69) is 4.98 Å². The third kappa shape index (κ3) is 2.33. The second-order valence-corrected chi connectivity index (χ2v) is 3.77. The van der Waals surface area contributed by atoms with Crippen molar-refractivity contribution < 1.29 is 4.39 Å². The number of nitrogens with zero attached hydrogens (tertiary/aromatic N) is 1. The number of nitrogens with one attached hydrogen (secondary N) is 1. The van der Waals surface area contributed by atoms with E-state index >= 15 is 0 Å². The molecule has 0 spiro atoms. The van der Waals surface area contributed by atoms with Crippen LogP contribution >= 0.6 is 0 Å². The van der Waals surface area contributed by atoms with E-state index in [1.54, 1.807) is 18.2 Å². The molecule has 5 heteroatoms. The molecule has 1 N–H and O–H groups in total. The molecule has 17 heavy (non-hydrogen) atoms. The standard InChI is InChI=1S/C12H11FN2O2/c1-15-11(16)7-9(14-12(15)17)6-8-4-2-3-5-10(8)13/h2-5,7H,6H2,1H3,(H,14,17). The van der Waals surface area contributed by atoms with Gasteiger partial charge in [0.1, 0.15) is 5.82 Å². The van der Waals surface area contributed by atoms with Gasteiger partial charge in [-0.2, -0.15) is 0 Å². The Balaban J connectivity index is 2.41. The van der Waals surface area contributed by atoms with Gasteiger partial charge >= 0.3 is 5.69 Å². The second-order valence-electron chi connectivity index (χ2n) is 3.77. The molecule has 0 unspecified atom stereocenters. The lowest BCUT2D eigenvalue weighted by molar-refractivity contribution is 0.612. The van der Waals surface area contributed by atoms with E-state index in [0.29, 0.717) is 11.3 Å². The molecule has 0 radical (unpaired) electrons. The summed E-state index contributed by atoms with van der Waals surface area (Å²) in [4.78, 5) is 25.3. The van der Waals surface area contributed by atoms with Crippen LogP contribution < -0.4 is 11.2 Å². The second kappa shape index (κ2) is 4.37. The highest BCUT2D eigenvalue weighted by Crippen LogP contribution is 2.09. The average Bonchev–Trinajstić information content (AvgIpc) is 2.29. The fourth-order valence-corrected chi connectivity index (χ4v) is 1.55. The van der Waals surface area contributed by atoms with Crippen molar-refractivity contribution in [2.24, 2.45) is 7.05 Å². The summed E-state index contributed by atoms with van der Waals surface area (Å²) in [5.74, 6) is -0.353. The summed E-state index contributed by atoms with van der Waals surface area (Å²) in [6.07, 6.45) is 0.192. The van der Waals surface area contributed by atoms with Crippen LogP contribution in [0.1, 0.15) is 11.3 Å². The van der Waals surface area contributed by atoms with Crippen LogP contribution in [0.3, 0.4) is 0 Å². The molecule has 0 atom stereocenters. The molecule has 0 saturated heterocycles. The first-order valence-electron chi connectivity index (χ1n) is 5.10. The van der Waals surface area contributed by atoms with Gasteiger partial charge in [0.2, 0.25) is 0 Å². The number of H-pyrrole nitrogens is 1. The number of benzene rings is 1. The molecule has 0 fully saturated rings. The molecule has 0 aliphatic heterocycles. The fourth-order valence-electron chi connectivity index (χ4n) is 1.55. The molecule has 0 saturated carbocycles. The van der Waals surface area contributed by atoms with E-state index in [4.69, 9.17) is 0 Å². The molecule has 4 nitrogen and oxygen atoms in total.